The van der Waals surface area contributed by atoms with E-state index in [2.05, 4.69) is 16.7 Å². The number of nitriles is 1. The zero-order valence-corrected chi connectivity index (χ0v) is 12.2. The molecule has 6 heteroatoms. The second-order valence-electron chi connectivity index (χ2n) is 4.89. The van der Waals surface area contributed by atoms with Crippen LogP contribution in [0, 0.1) is 17.2 Å². The molecule has 0 aliphatic rings. The van der Waals surface area contributed by atoms with Crippen LogP contribution in [0.25, 0.3) is 0 Å². The number of hydrogen-bond acceptors (Lipinski definition) is 3. The lowest BCUT2D eigenvalue weighted by Crippen LogP contribution is -2.49. The minimum Gasteiger partial charge on any atom is -0.352 e. The first kappa shape index (κ1) is 16.5. The highest BCUT2D eigenvalue weighted by Gasteiger charge is 2.25. The summed E-state index contributed by atoms with van der Waals surface area (Å²) < 4.78 is 0. The van der Waals surface area contributed by atoms with Crippen LogP contribution in [-0.2, 0) is 11.2 Å². The van der Waals surface area contributed by atoms with Gasteiger partial charge >= 0.3 is 6.03 Å². The van der Waals surface area contributed by atoms with Crippen molar-refractivity contribution in [2.24, 2.45) is 11.7 Å². The van der Waals surface area contributed by atoms with Crippen molar-refractivity contribution in [3.8, 4) is 6.07 Å². The van der Waals surface area contributed by atoms with E-state index < -0.39 is 12.1 Å². The second kappa shape index (κ2) is 7.90. The van der Waals surface area contributed by atoms with Crippen molar-refractivity contribution in [2.45, 2.75) is 32.7 Å². The van der Waals surface area contributed by atoms with Crippen molar-refractivity contribution in [2.75, 3.05) is 5.32 Å². The fourth-order valence-corrected chi connectivity index (χ4v) is 1.87. The Morgan fingerprint density at radius 2 is 1.95 bits per heavy atom. The molecule has 0 aromatic heterocycles. The number of primary amides is 1. The molecule has 1 aromatic carbocycles. The lowest BCUT2D eigenvalue weighted by atomic mass is 9.98. The molecule has 0 fully saturated rings. The third-order valence-electron chi connectivity index (χ3n) is 3.30. The molecule has 0 saturated carbocycles. The largest absolute Gasteiger partial charge is 0.352 e. The van der Waals surface area contributed by atoms with E-state index in [9.17, 15) is 9.59 Å². The first-order chi connectivity index (χ1) is 9.97. The number of hydrogen-bond donors (Lipinski definition) is 3. The third kappa shape index (κ3) is 5.15. The van der Waals surface area contributed by atoms with Crippen LogP contribution in [0.3, 0.4) is 0 Å². The fraction of sp³-hybridized carbons (Fsp3) is 0.400. The highest BCUT2D eigenvalue weighted by atomic mass is 16.2. The van der Waals surface area contributed by atoms with Gasteiger partial charge in [-0.15, -0.1) is 0 Å². The number of amides is 3. The average Bonchev–Trinajstić information content (AvgIpc) is 2.46. The molecule has 3 amide bonds. The summed E-state index contributed by atoms with van der Waals surface area (Å²) in [5.41, 5.74) is 6.60. The van der Waals surface area contributed by atoms with Gasteiger partial charge in [-0.3, -0.25) is 4.79 Å². The van der Waals surface area contributed by atoms with Crippen LogP contribution in [0.4, 0.5) is 10.5 Å². The number of anilines is 1. The van der Waals surface area contributed by atoms with Gasteiger partial charge in [-0.05, 0) is 23.6 Å². The van der Waals surface area contributed by atoms with Crippen LogP contribution < -0.4 is 16.4 Å². The van der Waals surface area contributed by atoms with Crippen molar-refractivity contribution in [1.82, 2.24) is 5.32 Å². The summed E-state index contributed by atoms with van der Waals surface area (Å²) in [7, 11) is 0. The summed E-state index contributed by atoms with van der Waals surface area (Å²) in [5, 5.41) is 13.8. The van der Waals surface area contributed by atoms with Crippen molar-refractivity contribution in [1.29, 1.82) is 5.26 Å². The smallest absolute Gasteiger partial charge is 0.312 e. The summed E-state index contributed by atoms with van der Waals surface area (Å²) in [4.78, 5) is 23.2. The Hall–Kier alpha value is -2.55. The molecule has 1 rings (SSSR count). The Kier molecular flexibility index (Phi) is 6.21. The molecule has 4 N–H and O–H groups in total. The van der Waals surface area contributed by atoms with Crippen LogP contribution in [0.1, 0.15) is 25.8 Å². The van der Waals surface area contributed by atoms with Gasteiger partial charge in [0.2, 0.25) is 5.91 Å². The zero-order valence-electron chi connectivity index (χ0n) is 12.2. The molecular weight excluding hydrogens is 268 g/mol. The number of nitrogens with zero attached hydrogens (tertiary/aromatic N) is 1. The summed E-state index contributed by atoms with van der Waals surface area (Å²) in [6, 6.07) is 7.66. The molecule has 1 aromatic rings. The molecule has 6 nitrogen and oxygen atoms in total. The molecule has 112 valence electrons. The number of carbonyl (C=O) groups excluding carboxylic acids is 2. The molecule has 0 aliphatic carbocycles. The van der Waals surface area contributed by atoms with Gasteiger partial charge < -0.3 is 16.4 Å². The first-order valence-electron chi connectivity index (χ1n) is 6.80. The molecule has 0 radical (unpaired) electrons. The predicted molar refractivity (Wildman–Crippen MR) is 80.4 cm³/mol. The molecule has 0 saturated heterocycles. The molecule has 0 heterocycles. The van der Waals surface area contributed by atoms with Crippen LogP contribution in [0.5, 0.6) is 0 Å². The van der Waals surface area contributed by atoms with Gasteiger partial charge in [-0.1, -0.05) is 32.4 Å². The first-order valence-corrected chi connectivity index (χ1v) is 6.80. The number of rotatable bonds is 6. The average molecular weight is 288 g/mol. The van der Waals surface area contributed by atoms with E-state index in [-0.39, 0.29) is 11.8 Å². The van der Waals surface area contributed by atoms with Gasteiger partial charge in [-0.2, -0.15) is 5.26 Å². The Morgan fingerprint density at radius 1 is 1.33 bits per heavy atom. The van der Waals surface area contributed by atoms with E-state index in [1.54, 1.807) is 24.3 Å². The third-order valence-corrected chi connectivity index (χ3v) is 3.30. The second-order valence-corrected chi connectivity index (χ2v) is 4.89. The van der Waals surface area contributed by atoms with E-state index in [4.69, 9.17) is 11.0 Å². The Bertz CT molecular complexity index is 534. The Balaban J connectivity index is 2.76. The van der Waals surface area contributed by atoms with E-state index in [0.29, 0.717) is 12.1 Å². The molecule has 0 bridgehead atoms. The normalized spacial score (nSPS) is 12.8. The molecule has 0 unspecified atom stereocenters. The Morgan fingerprint density at radius 3 is 2.43 bits per heavy atom. The van der Waals surface area contributed by atoms with E-state index in [1.807, 2.05) is 13.8 Å². The summed E-state index contributed by atoms with van der Waals surface area (Å²) in [6.07, 6.45) is 1.06. The quantitative estimate of drug-likeness (QED) is 0.742. The van der Waals surface area contributed by atoms with Gasteiger partial charge in [-0.25, -0.2) is 4.79 Å². The van der Waals surface area contributed by atoms with Gasteiger partial charge in [0.25, 0.3) is 0 Å². The maximum atomic E-state index is 12.2. The van der Waals surface area contributed by atoms with Crippen LogP contribution >= 0.6 is 0 Å². The standard InChI is InChI=1S/C15H20N4O2/c1-3-10(2)13(19-15(17)21)14(20)18-12-6-4-11(5-7-12)8-9-16/h4-7,10,13H,3,8H2,1-2H3,(H,18,20)(H3,17,19,21)/t10-,13-/m0/s1. The number of nitrogens with two attached hydrogens (primary N) is 1. The lowest BCUT2D eigenvalue weighted by molar-refractivity contribution is -0.119. The molecule has 0 aliphatic heterocycles. The van der Waals surface area contributed by atoms with Crippen LogP contribution in [0.2, 0.25) is 0 Å². The van der Waals surface area contributed by atoms with E-state index in [0.717, 1.165) is 12.0 Å². The minimum atomic E-state index is -0.722. The molecular formula is C15H20N4O2. The van der Waals surface area contributed by atoms with Gasteiger partial charge in [0.05, 0.1) is 12.5 Å². The van der Waals surface area contributed by atoms with Crippen molar-refractivity contribution >= 4 is 17.6 Å². The monoisotopic (exact) mass is 288 g/mol. The highest BCUT2D eigenvalue weighted by molar-refractivity contribution is 5.97. The van der Waals surface area contributed by atoms with Crippen molar-refractivity contribution in [3.05, 3.63) is 29.8 Å². The zero-order chi connectivity index (χ0) is 15.8. The maximum absolute atomic E-state index is 12.2. The topological polar surface area (TPSA) is 108 Å². The number of urea groups is 1. The number of nitrogens with one attached hydrogen (secondary N) is 2. The number of carbonyl (C=O) groups is 2. The fourth-order valence-electron chi connectivity index (χ4n) is 1.87. The summed E-state index contributed by atoms with van der Waals surface area (Å²) in [6.45, 7) is 3.81. The highest BCUT2D eigenvalue weighted by Crippen LogP contribution is 2.13. The van der Waals surface area contributed by atoms with Gasteiger partial charge in [0.1, 0.15) is 6.04 Å². The van der Waals surface area contributed by atoms with Crippen molar-refractivity contribution < 1.29 is 9.59 Å². The summed E-state index contributed by atoms with van der Waals surface area (Å²) >= 11 is 0. The minimum absolute atomic E-state index is 0.0321. The van der Waals surface area contributed by atoms with E-state index in [1.165, 1.54) is 0 Å². The Labute approximate surface area is 124 Å². The van der Waals surface area contributed by atoms with Crippen LogP contribution in [0.15, 0.2) is 24.3 Å². The van der Waals surface area contributed by atoms with Gasteiger partial charge in [0.15, 0.2) is 0 Å². The van der Waals surface area contributed by atoms with Crippen molar-refractivity contribution in [3.63, 3.8) is 0 Å². The maximum Gasteiger partial charge on any atom is 0.312 e. The number of benzene rings is 1. The van der Waals surface area contributed by atoms with Crippen LogP contribution in [-0.4, -0.2) is 18.0 Å². The lowest BCUT2D eigenvalue weighted by Gasteiger charge is -2.22. The molecule has 0 spiro atoms. The summed E-state index contributed by atoms with van der Waals surface area (Å²) in [5.74, 6) is -0.341. The predicted octanol–water partition coefficient (Wildman–Crippen LogP) is 1.77. The molecule has 21 heavy (non-hydrogen) atoms. The SMILES string of the molecule is CC[C@H](C)[C@H](NC(N)=O)C(=O)Nc1ccc(CC#N)cc1. The van der Waals surface area contributed by atoms with E-state index >= 15 is 0 Å². The van der Waals surface area contributed by atoms with Gasteiger partial charge in [0, 0.05) is 5.69 Å². The molecule has 2 atom stereocenters.